The first-order chi connectivity index (χ1) is 14.5. The third-order valence-electron chi connectivity index (χ3n) is 5.31. The highest BCUT2D eigenvalue weighted by Gasteiger charge is 2.14. The first-order valence-corrected chi connectivity index (χ1v) is 10.6. The van der Waals surface area contributed by atoms with Gasteiger partial charge in [0.05, 0.1) is 12.0 Å². The van der Waals surface area contributed by atoms with Gasteiger partial charge in [-0.2, -0.15) is 5.10 Å². The van der Waals surface area contributed by atoms with Crippen LogP contribution in [0.4, 0.5) is 0 Å². The third kappa shape index (κ3) is 6.24. The van der Waals surface area contributed by atoms with Crippen LogP contribution in [-0.4, -0.2) is 34.9 Å². The molecule has 0 saturated heterocycles. The predicted octanol–water partition coefficient (Wildman–Crippen LogP) is 3.58. The summed E-state index contributed by atoms with van der Waals surface area (Å²) in [5.41, 5.74) is 4.93. The fourth-order valence-electron chi connectivity index (χ4n) is 3.56. The number of rotatable bonds is 9. The molecule has 3 aromatic rings. The number of aliphatic imine (C=N–C) groups is 1. The van der Waals surface area contributed by atoms with E-state index in [2.05, 4.69) is 60.8 Å². The number of aromatic nitrogens is 2. The SMILES string of the molecule is Cc1nn(C)c(C)c1CC(C)NC(=NCCc1ccco1)NCCc1ccccc1. The summed E-state index contributed by atoms with van der Waals surface area (Å²) in [4.78, 5) is 4.78. The Morgan fingerprint density at radius 3 is 2.60 bits per heavy atom. The summed E-state index contributed by atoms with van der Waals surface area (Å²) >= 11 is 0. The van der Waals surface area contributed by atoms with Crippen molar-refractivity contribution in [1.29, 1.82) is 0 Å². The van der Waals surface area contributed by atoms with Crippen molar-refractivity contribution < 1.29 is 4.42 Å². The van der Waals surface area contributed by atoms with Gasteiger partial charge in [-0.05, 0) is 56.9 Å². The van der Waals surface area contributed by atoms with E-state index in [9.17, 15) is 0 Å². The lowest BCUT2D eigenvalue weighted by molar-refractivity contribution is 0.510. The molecule has 0 spiro atoms. The molecule has 1 unspecified atom stereocenters. The van der Waals surface area contributed by atoms with Gasteiger partial charge >= 0.3 is 0 Å². The Labute approximate surface area is 179 Å². The average Bonchev–Trinajstić information content (AvgIpc) is 3.33. The summed E-state index contributed by atoms with van der Waals surface area (Å²) in [7, 11) is 2.00. The van der Waals surface area contributed by atoms with E-state index in [0.717, 1.165) is 43.2 Å². The number of hydrogen-bond acceptors (Lipinski definition) is 3. The maximum Gasteiger partial charge on any atom is 0.191 e. The van der Waals surface area contributed by atoms with E-state index in [1.807, 2.05) is 29.9 Å². The first-order valence-electron chi connectivity index (χ1n) is 10.6. The summed E-state index contributed by atoms with van der Waals surface area (Å²) in [6, 6.07) is 14.6. The minimum atomic E-state index is 0.234. The van der Waals surface area contributed by atoms with Crippen LogP contribution in [0, 0.1) is 13.8 Å². The van der Waals surface area contributed by atoms with Gasteiger partial charge in [0.15, 0.2) is 5.96 Å². The van der Waals surface area contributed by atoms with Gasteiger partial charge in [-0.3, -0.25) is 9.67 Å². The maximum atomic E-state index is 5.42. The molecule has 0 amide bonds. The zero-order valence-corrected chi connectivity index (χ0v) is 18.5. The molecular weight excluding hydrogens is 374 g/mol. The minimum absolute atomic E-state index is 0.234. The van der Waals surface area contributed by atoms with Gasteiger partial charge in [0, 0.05) is 38.3 Å². The number of furan rings is 1. The normalized spacial score (nSPS) is 12.7. The molecule has 1 aromatic carbocycles. The number of nitrogens with one attached hydrogen (secondary N) is 2. The Bertz CT molecular complexity index is 928. The molecule has 6 nitrogen and oxygen atoms in total. The van der Waals surface area contributed by atoms with Crippen LogP contribution in [0.25, 0.3) is 0 Å². The van der Waals surface area contributed by atoms with Crippen LogP contribution in [0.1, 0.15) is 35.2 Å². The molecule has 2 aromatic heterocycles. The molecular formula is C24H33N5O. The number of guanidine groups is 1. The van der Waals surface area contributed by atoms with Crippen LogP contribution >= 0.6 is 0 Å². The molecule has 0 aliphatic carbocycles. The fourth-order valence-corrected chi connectivity index (χ4v) is 3.56. The molecule has 0 bridgehead atoms. The van der Waals surface area contributed by atoms with Gasteiger partial charge in [-0.15, -0.1) is 0 Å². The Kier molecular flexibility index (Phi) is 7.71. The Hall–Kier alpha value is -3.02. The molecule has 1 atom stereocenters. The molecule has 3 rings (SSSR count). The van der Waals surface area contributed by atoms with Crippen molar-refractivity contribution >= 4 is 5.96 Å². The third-order valence-corrected chi connectivity index (χ3v) is 5.31. The summed E-state index contributed by atoms with van der Waals surface area (Å²) < 4.78 is 7.38. The molecule has 0 saturated carbocycles. The van der Waals surface area contributed by atoms with Gasteiger partial charge < -0.3 is 15.1 Å². The Morgan fingerprint density at radius 2 is 1.93 bits per heavy atom. The van der Waals surface area contributed by atoms with Crippen molar-refractivity contribution in [3.63, 3.8) is 0 Å². The van der Waals surface area contributed by atoms with Crippen molar-refractivity contribution in [3.8, 4) is 0 Å². The molecule has 30 heavy (non-hydrogen) atoms. The van der Waals surface area contributed by atoms with Gasteiger partial charge in [-0.25, -0.2) is 0 Å². The molecule has 2 heterocycles. The highest BCUT2D eigenvalue weighted by atomic mass is 16.3. The van der Waals surface area contributed by atoms with E-state index in [0.29, 0.717) is 6.54 Å². The molecule has 6 heteroatoms. The van der Waals surface area contributed by atoms with Crippen LogP contribution in [0.5, 0.6) is 0 Å². The zero-order valence-electron chi connectivity index (χ0n) is 18.5. The summed E-state index contributed by atoms with van der Waals surface area (Å²) in [5, 5.41) is 11.6. The number of benzene rings is 1. The monoisotopic (exact) mass is 407 g/mol. The van der Waals surface area contributed by atoms with Crippen LogP contribution in [0.15, 0.2) is 58.1 Å². The maximum absolute atomic E-state index is 5.42. The molecule has 0 aliphatic rings. The summed E-state index contributed by atoms with van der Waals surface area (Å²) in [6.07, 6.45) is 4.35. The van der Waals surface area contributed by atoms with Gasteiger partial charge in [-0.1, -0.05) is 30.3 Å². The van der Waals surface area contributed by atoms with Crippen molar-refractivity contribution in [2.75, 3.05) is 13.1 Å². The molecule has 2 N–H and O–H groups in total. The van der Waals surface area contributed by atoms with Crippen molar-refractivity contribution in [3.05, 3.63) is 77.0 Å². The highest BCUT2D eigenvalue weighted by Crippen LogP contribution is 2.14. The van der Waals surface area contributed by atoms with Crippen molar-refractivity contribution in [2.24, 2.45) is 12.0 Å². The lowest BCUT2D eigenvalue weighted by atomic mass is 10.1. The van der Waals surface area contributed by atoms with E-state index >= 15 is 0 Å². The number of aryl methyl sites for hydroxylation is 2. The van der Waals surface area contributed by atoms with Crippen LogP contribution in [-0.2, 0) is 26.3 Å². The van der Waals surface area contributed by atoms with Gasteiger partial charge in [0.2, 0.25) is 0 Å². The van der Waals surface area contributed by atoms with Crippen LogP contribution in [0.3, 0.4) is 0 Å². The van der Waals surface area contributed by atoms with E-state index in [4.69, 9.17) is 9.41 Å². The zero-order chi connectivity index (χ0) is 21.3. The number of nitrogens with zero attached hydrogens (tertiary/aromatic N) is 3. The second-order valence-electron chi connectivity index (χ2n) is 7.74. The van der Waals surface area contributed by atoms with Gasteiger partial charge in [0.25, 0.3) is 0 Å². The lowest BCUT2D eigenvalue weighted by Gasteiger charge is -2.19. The molecule has 0 fully saturated rings. The van der Waals surface area contributed by atoms with Crippen molar-refractivity contribution in [2.45, 2.75) is 46.1 Å². The van der Waals surface area contributed by atoms with E-state index in [1.165, 1.54) is 16.8 Å². The van der Waals surface area contributed by atoms with Crippen molar-refractivity contribution in [1.82, 2.24) is 20.4 Å². The number of hydrogen-bond donors (Lipinski definition) is 2. The van der Waals surface area contributed by atoms with Crippen LogP contribution in [0.2, 0.25) is 0 Å². The summed E-state index contributed by atoms with van der Waals surface area (Å²) in [5.74, 6) is 1.79. The second-order valence-corrected chi connectivity index (χ2v) is 7.74. The van der Waals surface area contributed by atoms with Crippen LogP contribution < -0.4 is 10.6 Å². The molecule has 160 valence electrons. The van der Waals surface area contributed by atoms with E-state index in [1.54, 1.807) is 6.26 Å². The second kappa shape index (κ2) is 10.7. The Balaban J connectivity index is 1.59. The quantitative estimate of drug-likeness (QED) is 0.420. The first kappa shape index (κ1) is 21.7. The predicted molar refractivity (Wildman–Crippen MR) is 122 cm³/mol. The minimum Gasteiger partial charge on any atom is -0.469 e. The average molecular weight is 408 g/mol. The highest BCUT2D eigenvalue weighted by molar-refractivity contribution is 5.80. The smallest absolute Gasteiger partial charge is 0.191 e. The van der Waals surface area contributed by atoms with Gasteiger partial charge in [0.1, 0.15) is 5.76 Å². The largest absolute Gasteiger partial charge is 0.469 e. The fraction of sp³-hybridized carbons (Fsp3) is 0.417. The standard InChI is InChI=1S/C24H33N5O/c1-18(17-23-19(2)28-29(4)20(23)3)27-24(26-15-13-22-11-8-16-30-22)25-14-12-21-9-6-5-7-10-21/h5-11,16,18H,12-15,17H2,1-4H3,(H2,25,26,27). The van der Waals surface area contributed by atoms with E-state index < -0.39 is 0 Å². The topological polar surface area (TPSA) is 67.4 Å². The van der Waals surface area contributed by atoms with E-state index in [-0.39, 0.29) is 6.04 Å². The molecule has 0 radical (unpaired) electrons. The summed E-state index contributed by atoms with van der Waals surface area (Å²) in [6.45, 7) is 7.89. The Morgan fingerprint density at radius 1 is 1.13 bits per heavy atom. The molecule has 0 aliphatic heterocycles. The lowest BCUT2D eigenvalue weighted by Crippen LogP contribution is -2.44.